The lowest BCUT2D eigenvalue weighted by Crippen LogP contribution is -2.49. The standard InChI is InChI=1S/C34H33FN2O4/c35-29-12-16-31(17-13-29)41-30-14-10-25(11-15-30)20-33(38)32(24-40-23-26-6-2-1-3-7-26)36-34(39)22-37-19-18-27-8-4-5-9-28(27)21-37/h1-17,32H,18-24H2,(H,36,39)/t32-/m0/s1. The van der Waals surface area contributed by atoms with Crippen molar-refractivity contribution in [3.05, 3.63) is 131 Å². The van der Waals surface area contributed by atoms with Gasteiger partial charge in [0.05, 0.1) is 19.8 Å². The van der Waals surface area contributed by atoms with Crippen molar-refractivity contribution in [2.24, 2.45) is 0 Å². The summed E-state index contributed by atoms with van der Waals surface area (Å²) in [5, 5.41) is 2.93. The highest BCUT2D eigenvalue weighted by atomic mass is 19.1. The van der Waals surface area contributed by atoms with E-state index in [-0.39, 0.29) is 37.1 Å². The largest absolute Gasteiger partial charge is 0.457 e. The molecule has 0 saturated carbocycles. The zero-order valence-corrected chi connectivity index (χ0v) is 22.8. The number of rotatable bonds is 12. The third-order valence-corrected chi connectivity index (χ3v) is 7.05. The minimum atomic E-state index is -0.779. The van der Waals surface area contributed by atoms with E-state index in [1.807, 2.05) is 54.6 Å². The lowest BCUT2D eigenvalue weighted by atomic mass is 10.00. The summed E-state index contributed by atoms with van der Waals surface area (Å²) in [5.41, 5.74) is 4.34. The average Bonchev–Trinajstić information content (AvgIpc) is 2.99. The molecule has 4 aromatic rings. The van der Waals surface area contributed by atoms with Gasteiger partial charge in [-0.25, -0.2) is 4.39 Å². The molecule has 7 heteroatoms. The van der Waals surface area contributed by atoms with E-state index < -0.39 is 6.04 Å². The molecule has 1 heterocycles. The number of nitrogens with one attached hydrogen (secondary N) is 1. The predicted molar refractivity (Wildman–Crippen MR) is 155 cm³/mol. The van der Waals surface area contributed by atoms with E-state index in [1.54, 1.807) is 24.3 Å². The van der Waals surface area contributed by atoms with Crippen LogP contribution in [0.1, 0.15) is 22.3 Å². The molecule has 0 aliphatic carbocycles. The molecule has 4 aromatic carbocycles. The molecular weight excluding hydrogens is 519 g/mol. The van der Waals surface area contributed by atoms with Gasteiger partial charge in [-0.2, -0.15) is 0 Å². The molecule has 0 radical (unpaired) electrons. The van der Waals surface area contributed by atoms with E-state index in [2.05, 4.69) is 22.3 Å². The van der Waals surface area contributed by atoms with Crippen LogP contribution in [0.5, 0.6) is 11.5 Å². The highest BCUT2D eigenvalue weighted by molar-refractivity contribution is 5.91. The number of amides is 1. The second-order valence-electron chi connectivity index (χ2n) is 10.2. The zero-order valence-electron chi connectivity index (χ0n) is 22.8. The summed E-state index contributed by atoms with van der Waals surface area (Å²) in [4.78, 5) is 28.5. The van der Waals surface area contributed by atoms with E-state index in [0.717, 1.165) is 24.1 Å². The van der Waals surface area contributed by atoms with E-state index >= 15 is 0 Å². The average molecular weight is 553 g/mol. The fourth-order valence-electron chi connectivity index (χ4n) is 4.85. The van der Waals surface area contributed by atoms with Crippen molar-refractivity contribution in [1.29, 1.82) is 0 Å². The van der Waals surface area contributed by atoms with Gasteiger partial charge in [-0.3, -0.25) is 14.5 Å². The van der Waals surface area contributed by atoms with Gasteiger partial charge in [0.25, 0.3) is 0 Å². The van der Waals surface area contributed by atoms with Gasteiger partial charge in [-0.05, 0) is 65.1 Å². The molecule has 1 aliphatic rings. The number of halogens is 1. The molecule has 0 spiro atoms. The summed E-state index contributed by atoms with van der Waals surface area (Å²) >= 11 is 0. The van der Waals surface area contributed by atoms with Crippen LogP contribution in [0.2, 0.25) is 0 Å². The summed E-state index contributed by atoms with van der Waals surface area (Å²) in [6.45, 7) is 2.14. The molecule has 5 rings (SSSR count). The SMILES string of the molecule is O=C(CN1CCc2ccccc2C1)N[C@@H](COCc1ccccc1)C(=O)Cc1ccc(Oc2ccc(F)cc2)cc1. The number of carbonyl (C=O) groups excluding carboxylic acids is 2. The number of benzene rings is 4. The maximum Gasteiger partial charge on any atom is 0.234 e. The van der Waals surface area contributed by atoms with Crippen molar-refractivity contribution in [2.45, 2.75) is 32.0 Å². The fourth-order valence-corrected chi connectivity index (χ4v) is 4.85. The first-order chi connectivity index (χ1) is 20.0. The Labute approximate surface area is 239 Å². The molecule has 1 atom stereocenters. The predicted octanol–water partition coefficient (Wildman–Crippen LogP) is 5.49. The quantitative estimate of drug-likeness (QED) is 0.252. The summed E-state index contributed by atoms with van der Waals surface area (Å²) in [6.07, 6.45) is 1.03. The fraction of sp³-hybridized carbons (Fsp3) is 0.235. The van der Waals surface area contributed by atoms with Crippen LogP contribution in [0.3, 0.4) is 0 Å². The summed E-state index contributed by atoms with van der Waals surface area (Å²) in [6, 6.07) is 30.1. The summed E-state index contributed by atoms with van der Waals surface area (Å²) in [5.74, 6) is 0.427. The van der Waals surface area contributed by atoms with Gasteiger partial charge in [0, 0.05) is 19.5 Å². The minimum absolute atomic E-state index is 0.0774. The van der Waals surface area contributed by atoms with Gasteiger partial charge < -0.3 is 14.8 Å². The second kappa shape index (κ2) is 13.8. The van der Waals surface area contributed by atoms with E-state index in [9.17, 15) is 14.0 Å². The normalized spacial score (nSPS) is 13.7. The van der Waals surface area contributed by atoms with Crippen LogP contribution < -0.4 is 10.1 Å². The Hall–Kier alpha value is -4.33. The third kappa shape index (κ3) is 8.33. The topological polar surface area (TPSA) is 67.9 Å². The van der Waals surface area contributed by atoms with E-state index in [0.29, 0.717) is 24.7 Å². The second-order valence-corrected chi connectivity index (χ2v) is 10.2. The maximum atomic E-state index is 13.4. The van der Waals surface area contributed by atoms with Gasteiger partial charge >= 0.3 is 0 Å². The molecular formula is C34H33FN2O4. The molecule has 6 nitrogen and oxygen atoms in total. The lowest BCUT2D eigenvalue weighted by molar-refractivity contribution is -0.129. The van der Waals surface area contributed by atoms with Gasteiger partial charge in [-0.15, -0.1) is 0 Å². The number of hydrogen-bond acceptors (Lipinski definition) is 5. The molecule has 0 aromatic heterocycles. The highest BCUT2D eigenvalue weighted by Gasteiger charge is 2.24. The van der Waals surface area contributed by atoms with Crippen molar-refractivity contribution in [3.63, 3.8) is 0 Å². The molecule has 1 aliphatic heterocycles. The number of nitrogens with zero attached hydrogens (tertiary/aromatic N) is 1. The van der Waals surface area contributed by atoms with Gasteiger partial charge in [-0.1, -0.05) is 66.7 Å². The molecule has 0 saturated heterocycles. The van der Waals surface area contributed by atoms with Crippen LogP contribution in [0.15, 0.2) is 103 Å². The summed E-state index contributed by atoms with van der Waals surface area (Å²) < 4.78 is 24.8. The van der Waals surface area contributed by atoms with Crippen LogP contribution in [0, 0.1) is 5.82 Å². The van der Waals surface area contributed by atoms with Crippen LogP contribution in [0.25, 0.3) is 0 Å². The van der Waals surface area contributed by atoms with Crippen molar-refractivity contribution < 1.29 is 23.5 Å². The smallest absolute Gasteiger partial charge is 0.234 e. The van der Waals surface area contributed by atoms with Crippen LogP contribution >= 0.6 is 0 Å². The van der Waals surface area contributed by atoms with Gasteiger partial charge in [0.15, 0.2) is 5.78 Å². The number of hydrogen-bond donors (Lipinski definition) is 1. The lowest BCUT2D eigenvalue weighted by Gasteiger charge is -2.28. The maximum absolute atomic E-state index is 13.4. The summed E-state index contributed by atoms with van der Waals surface area (Å²) in [7, 11) is 0. The van der Waals surface area contributed by atoms with Gasteiger partial charge in [0.2, 0.25) is 5.91 Å². The monoisotopic (exact) mass is 552 g/mol. The molecule has 210 valence electrons. The number of ketones is 1. The zero-order chi connectivity index (χ0) is 28.4. The molecule has 0 unspecified atom stereocenters. The molecule has 1 N–H and O–H groups in total. The Morgan fingerprint density at radius 3 is 2.20 bits per heavy atom. The Balaban J connectivity index is 1.19. The third-order valence-electron chi connectivity index (χ3n) is 7.05. The first-order valence-electron chi connectivity index (χ1n) is 13.8. The Bertz CT molecular complexity index is 1440. The molecule has 41 heavy (non-hydrogen) atoms. The number of Topliss-reactive ketones (excluding diaryl/α,β-unsaturated/α-hetero) is 1. The Morgan fingerprint density at radius 1 is 0.805 bits per heavy atom. The number of fused-ring (bicyclic) bond motifs is 1. The number of ether oxygens (including phenoxy) is 2. The van der Waals surface area contributed by atoms with Crippen molar-refractivity contribution in [2.75, 3.05) is 19.7 Å². The molecule has 0 bridgehead atoms. The van der Waals surface area contributed by atoms with Crippen molar-refractivity contribution in [3.8, 4) is 11.5 Å². The van der Waals surface area contributed by atoms with Crippen LogP contribution in [-0.2, 0) is 40.3 Å². The van der Waals surface area contributed by atoms with Crippen LogP contribution in [-0.4, -0.2) is 42.3 Å². The Morgan fingerprint density at radius 2 is 1.46 bits per heavy atom. The first-order valence-corrected chi connectivity index (χ1v) is 13.8. The van der Waals surface area contributed by atoms with Gasteiger partial charge in [0.1, 0.15) is 23.4 Å². The number of carbonyl (C=O) groups is 2. The van der Waals surface area contributed by atoms with E-state index in [4.69, 9.17) is 9.47 Å². The highest BCUT2D eigenvalue weighted by Crippen LogP contribution is 2.22. The van der Waals surface area contributed by atoms with E-state index in [1.165, 1.54) is 23.3 Å². The molecule has 0 fully saturated rings. The van der Waals surface area contributed by atoms with Crippen molar-refractivity contribution in [1.82, 2.24) is 10.2 Å². The molecule has 1 amide bonds. The first kappa shape index (κ1) is 28.2. The van der Waals surface area contributed by atoms with Crippen LogP contribution in [0.4, 0.5) is 4.39 Å². The minimum Gasteiger partial charge on any atom is -0.457 e. The van der Waals surface area contributed by atoms with Crippen molar-refractivity contribution >= 4 is 11.7 Å². The Kier molecular flexibility index (Phi) is 9.52.